The molecule has 0 aromatic carbocycles. The van der Waals surface area contributed by atoms with Crippen LogP contribution in [0.2, 0.25) is 0 Å². The first kappa shape index (κ1) is 23.5. The van der Waals surface area contributed by atoms with Crippen LogP contribution in [0.4, 0.5) is 0 Å². The monoisotopic (exact) mass is 393 g/mol. The van der Waals surface area contributed by atoms with Crippen molar-refractivity contribution in [1.29, 1.82) is 0 Å². The van der Waals surface area contributed by atoms with Gasteiger partial charge in [0.25, 0.3) is 0 Å². The van der Waals surface area contributed by atoms with Gasteiger partial charge in [-0.25, -0.2) is 4.68 Å². The smallest absolute Gasteiger partial charge is 0.542 e. The van der Waals surface area contributed by atoms with Crippen molar-refractivity contribution < 1.29 is 64.3 Å². The van der Waals surface area contributed by atoms with Crippen LogP contribution in [0.25, 0.3) is 0 Å². The first-order valence-corrected chi connectivity index (χ1v) is 7.86. The Morgan fingerprint density at radius 1 is 1.41 bits per heavy atom. The van der Waals surface area contributed by atoms with Crippen molar-refractivity contribution in [2.45, 2.75) is 44.2 Å². The minimum absolute atomic E-state index is 0. The van der Waals surface area contributed by atoms with Crippen molar-refractivity contribution in [3.63, 3.8) is 0 Å². The Morgan fingerprint density at radius 2 is 2.07 bits per heavy atom. The number of carbonyl (C=O) groups excluding carboxylic acids is 2. The average molecular weight is 393 g/mol. The molecule has 13 heteroatoms. The van der Waals surface area contributed by atoms with Crippen molar-refractivity contribution in [3.05, 3.63) is 18.2 Å². The summed E-state index contributed by atoms with van der Waals surface area (Å²) in [6.07, 6.45) is -2.42. The Morgan fingerprint density at radius 3 is 2.56 bits per heavy atom. The third-order valence-corrected chi connectivity index (χ3v) is 3.93. The van der Waals surface area contributed by atoms with E-state index in [0.717, 1.165) is 6.08 Å². The van der Waals surface area contributed by atoms with E-state index in [1.807, 2.05) is 0 Å². The number of hydrogen-bond acceptors (Lipinski definition) is 10. The molecule has 0 spiro atoms. The minimum atomic E-state index is -1.71. The van der Waals surface area contributed by atoms with Crippen molar-refractivity contribution in [2.75, 3.05) is 6.61 Å². The summed E-state index contributed by atoms with van der Waals surface area (Å²) in [7, 11) is 0. The molecule has 0 unspecified atom stereocenters. The third kappa shape index (κ3) is 5.46. The van der Waals surface area contributed by atoms with E-state index in [0.29, 0.717) is 0 Å². The molecule has 0 aliphatic carbocycles. The molecule has 1 amide bonds. The number of rotatable bonds is 7. The molecule has 0 saturated heterocycles. The molecule has 2 heterocycles. The number of carboxylic acid groups (broad SMARTS) is 1. The minimum Gasteiger partial charge on any atom is -0.542 e. The molecular formula is C14H20N5NaO7. The molecule has 0 radical (unpaired) electrons. The standard InChI is InChI=1S/C14H21N5O7.Na/c1-6(2)13(23)16-10-7(19-5-15-17-18-19)3-9(14(24)25)26-12(10)11(22)8(21)4-20;/h3,5-8,10-12,20-22H,4H2,1-2H3,(H,16,23)(H,24,25);/q;+1/p-1/t7-,8+,10+,11+,12+;/m0./s1. The number of carboxylic acids is 1. The molecule has 1 aromatic heterocycles. The number of tetrazole rings is 1. The zero-order chi connectivity index (χ0) is 19.4. The van der Waals surface area contributed by atoms with E-state index >= 15 is 0 Å². The zero-order valence-electron chi connectivity index (χ0n) is 15.1. The number of amides is 1. The van der Waals surface area contributed by atoms with Crippen LogP contribution in [0.1, 0.15) is 19.9 Å². The number of carbonyl (C=O) groups is 2. The topological polar surface area (TPSA) is 183 Å². The van der Waals surface area contributed by atoms with Crippen LogP contribution in [-0.2, 0) is 14.3 Å². The first-order valence-electron chi connectivity index (χ1n) is 7.86. The van der Waals surface area contributed by atoms with Gasteiger partial charge in [-0.15, -0.1) is 5.10 Å². The molecule has 12 nitrogen and oxygen atoms in total. The number of nitrogens with one attached hydrogen (secondary N) is 1. The van der Waals surface area contributed by atoms with Crippen LogP contribution in [-0.4, -0.2) is 78.4 Å². The number of aliphatic hydroxyl groups excluding tert-OH is 3. The van der Waals surface area contributed by atoms with E-state index in [1.54, 1.807) is 13.8 Å². The fourth-order valence-corrected chi connectivity index (χ4v) is 2.48. The SMILES string of the molecule is CC(C)C(=O)N[C@H]1[C@H]([C@H](O)[C@H](O)CO)OC(C(=O)[O-])=C[C@@H]1n1cnnn1.[Na+]. The molecule has 1 aliphatic heterocycles. The molecule has 144 valence electrons. The van der Waals surface area contributed by atoms with E-state index in [4.69, 9.17) is 9.84 Å². The summed E-state index contributed by atoms with van der Waals surface area (Å²) in [4.78, 5) is 23.4. The summed E-state index contributed by atoms with van der Waals surface area (Å²) in [6, 6.07) is -1.98. The summed E-state index contributed by atoms with van der Waals surface area (Å²) in [5.74, 6) is -3.10. The van der Waals surface area contributed by atoms with E-state index in [-0.39, 0.29) is 29.6 Å². The Balaban J connectivity index is 0.00000364. The third-order valence-electron chi connectivity index (χ3n) is 3.93. The van der Waals surface area contributed by atoms with Crippen molar-refractivity contribution in [2.24, 2.45) is 5.92 Å². The molecule has 4 N–H and O–H groups in total. The van der Waals surface area contributed by atoms with Gasteiger partial charge < -0.3 is 35.3 Å². The zero-order valence-corrected chi connectivity index (χ0v) is 17.1. The van der Waals surface area contributed by atoms with Crippen molar-refractivity contribution in [1.82, 2.24) is 25.5 Å². The molecule has 0 saturated carbocycles. The van der Waals surface area contributed by atoms with Gasteiger partial charge in [0, 0.05) is 5.92 Å². The van der Waals surface area contributed by atoms with Crippen molar-refractivity contribution in [3.8, 4) is 0 Å². The van der Waals surface area contributed by atoms with E-state index in [2.05, 4.69) is 20.8 Å². The Hall–Kier alpha value is -1.57. The summed E-state index contributed by atoms with van der Waals surface area (Å²) < 4.78 is 6.40. The molecule has 0 fully saturated rings. The number of ether oxygens (including phenoxy) is 1. The van der Waals surface area contributed by atoms with Gasteiger partial charge in [-0.1, -0.05) is 13.8 Å². The molecule has 1 aromatic rings. The van der Waals surface area contributed by atoms with Gasteiger partial charge in [0.15, 0.2) is 0 Å². The summed E-state index contributed by atoms with van der Waals surface area (Å²) in [6.45, 7) is 2.48. The summed E-state index contributed by atoms with van der Waals surface area (Å²) >= 11 is 0. The summed E-state index contributed by atoms with van der Waals surface area (Å²) in [5.41, 5.74) is 0. The first-order chi connectivity index (χ1) is 12.3. The van der Waals surface area contributed by atoms with Crippen LogP contribution in [0.15, 0.2) is 18.2 Å². The quantitative estimate of drug-likeness (QED) is 0.325. The van der Waals surface area contributed by atoms with Gasteiger partial charge in [0.1, 0.15) is 42.4 Å². The van der Waals surface area contributed by atoms with Crippen LogP contribution in [0.3, 0.4) is 0 Å². The second kappa shape index (κ2) is 10.1. The maximum atomic E-state index is 12.2. The van der Waals surface area contributed by atoms with E-state index in [9.17, 15) is 24.9 Å². The van der Waals surface area contributed by atoms with Crippen LogP contribution < -0.4 is 40.0 Å². The second-order valence-electron chi connectivity index (χ2n) is 6.11. The van der Waals surface area contributed by atoms with Gasteiger partial charge >= 0.3 is 29.6 Å². The van der Waals surface area contributed by atoms with Gasteiger partial charge in [0.2, 0.25) is 5.91 Å². The predicted molar refractivity (Wildman–Crippen MR) is 80.7 cm³/mol. The Kier molecular flexibility index (Phi) is 8.78. The van der Waals surface area contributed by atoms with Crippen LogP contribution in [0.5, 0.6) is 0 Å². The van der Waals surface area contributed by atoms with Gasteiger partial charge in [0.05, 0.1) is 12.6 Å². The molecule has 27 heavy (non-hydrogen) atoms. The molecule has 2 rings (SSSR count). The normalized spacial score (nSPS) is 24.2. The number of aliphatic hydroxyl groups is 3. The molecular weight excluding hydrogens is 373 g/mol. The number of hydrogen-bond donors (Lipinski definition) is 4. The van der Waals surface area contributed by atoms with Gasteiger partial charge in [-0.3, -0.25) is 4.79 Å². The van der Waals surface area contributed by atoms with Gasteiger partial charge in [-0.05, 0) is 16.5 Å². The Bertz CT molecular complexity index is 669. The number of aliphatic carboxylic acids is 1. The fourth-order valence-electron chi connectivity index (χ4n) is 2.48. The van der Waals surface area contributed by atoms with E-state index < -0.39 is 60.6 Å². The maximum Gasteiger partial charge on any atom is 1.00 e. The van der Waals surface area contributed by atoms with Crippen LogP contribution >= 0.6 is 0 Å². The molecule has 5 atom stereocenters. The number of aromatic nitrogens is 4. The van der Waals surface area contributed by atoms with E-state index in [1.165, 1.54) is 11.0 Å². The molecule has 0 bridgehead atoms. The van der Waals surface area contributed by atoms with Crippen molar-refractivity contribution >= 4 is 11.9 Å². The number of nitrogens with zero attached hydrogens (tertiary/aromatic N) is 4. The van der Waals surface area contributed by atoms with Gasteiger partial charge in [-0.2, -0.15) is 0 Å². The Labute approximate surface area is 176 Å². The fraction of sp³-hybridized carbons (Fsp3) is 0.643. The van der Waals surface area contributed by atoms with Crippen LogP contribution in [0, 0.1) is 5.92 Å². The maximum absolute atomic E-state index is 12.2. The second-order valence-corrected chi connectivity index (χ2v) is 6.11. The average Bonchev–Trinajstić information content (AvgIpc) is 3.14. The largest absolute Gasteiger partial charge is 1.00 e. The summed E-state index contributed by atoms with van der Waals surface area (Å²) in [5, 5.41) is 53.7. The molecule has 1 aliphatic rings. The predicted octanol–water partition coefficient (Wildman–Crippen LogP) is -6.89.